The van der Waals surface area contributed by atoms with Gasteiger partial charge in [0.05, 0.1) is 23.6 Å². The summed E-state index contributed by atoms with van der Waals surface area (Å²) >= 11 is 6.39. The highest BCUT2D eigenvalue weighted by Gasteiger charge is 2.38. The summed E-state index contributed by atoms with van der Waals surface area (Å²) in [6.07, 6.45) is 8.18. The molecule has 1 fully saturated rings. The second-order valence-electron chi connectivity index (χ2n) is 12.8. The first-order valence-electron chi connectivity index (χ1n) is 15.5. The van der Waals surface area contributed by atoms with Crippen LogP contribution in [-0.2, 0) is 17.4 Å². The van der Waals surface area contributed by atoms with Gasteiger partial charge < -0.3 is 14.7 Å². The van der Waals surface area contributed by atoms with Gasteiger partial charge in [-0.15, -0.1) is 0 Å². The van der Waals surface area contributed by atoms with Gasteiger partial charge in [-0.3, -0.25) is 9.52 Å². The highest BCUT2D eigenvalue weighted by atomic mass is 35.5. The van der Waals surface area contributed by atoms with E-state index in [1.165, 1.54) is 11.1 Å². The fourth-order valence-corrected chi connectivity index (χ4v) is 8.71. The van der Waals surface area contributed by atoms with Crippen LogP contribution in [0.2, 0.25) is 5.02 Å². The minimum absolute atomic E-state index is 0.0815. The molecule has 5 rings (SSSR count). The molecule has 6 unspecified atom stereocenters. The van der Waals surface area contributed by atoms with E-state index in [9.17, 15) is 14.1 Å². The van der Waals surface area contributed by atoms with Gasteiger partial charge in [-0.1, -0.05) is 63.9 Å². The number of nitrogens with one attached hydrogen (secondary N) is 1. The van der Waals surface area contributed by atoms with Gasteiger partial charge >= 0.3 is 0 Å². The average Bonchev–Trinajstić information content (AvgIpc) is 3.09. The maximum atomic E-state index is 13.5. The summed E-state index contributed by atoms with van der Waals surface area (Å²) in [6.45, 7) is 10.3. The summed E-state index contributed by atoms with van der Waals surface area (Å²) in [5.74, 6) is 1.23. The second-order valence-corrected chi connectivity index (χ2v) is 14.5. The van der Waals surface area contributed by atoms with Crippen molar-refractivity contribution >= 4 is 34.2 Å². The number of carbonyl (C=O) groups excluding carboxylic acids is 1. The lowest BCUT2D eigenvalue weighted by Gasteiger charge is -2.42. The third-order valence-electron chi connectivity index (χ3n) is 9.38. The number of aliphatic hydroxyl groups excluding tert-OH is 1. The Hall–Kier alpha value is -2.35. The van der Waals surface area contributed by atoms with E-state index in [1.54, 1.807) is 6.07 Å². The van der Waals surface area contributed by atoms with E-state index in [0.29, 0.717) is 24.5 Å². The number of rotatable bonds is 4. The van der Waals surface area contributed by atoms with Gasteiger partial charge in [0.2, 0.25) is 0 Å². The van der Waals surface area contributed by atoms with Crippen molar-refractivity contribution in [3.8, 4) is 5.75 Å². The summed E-state index contributed by atoms with van der Waals surface area (Å²) in [7, 11) is -1.55. The number of aryl methyl sites for hydroxylation is 1. The molecule has 1 amide bonds. The van der Waals surface area contributed by atoms with E-state index in [1.807, 2.05) is 44.2 Å². The third-order valence-corrected chi connectivity index (χ3v) is 11.5. The minimum Gasteiger partial charge on any atom is -0.491 e. The Kier molecular flexibility index (Phi) is 10.0. The fourth-order valence-electron chi connectivity index (χ4n) is 7.05. The van der Waals surface area contributed by atoms with E-state index < -0.39 is 17.1 Å². The van der Waals surface area contributed by atoms with Crippen molar-refractivity contribution in [2.75, 3.05) is 24.6 Å². The molecular weight excluding hydrogens is 568 g/mol. The van der Waals surface area contributed by atoms with Crippen molar-refractivity contribution in [1.29, 1.82) is 0 Å². The Morgan fingerprint density at radius 1 is 1.17 bits per heavy atom. The number of amides is 1. The molecule has 0 radical (unpaired) electrons. The number of benzene rings is 2. The molecule has 2 aromatic rings. The first-order valence-corrected chi connectivity index (χ1v) is 17.1. The second kappa shape index (κ2) is 13.5. The van der Waals surface area contributed by atoms with Crippen LogP contribution in [0.1, 0.15) is 80.8 Å². The number of anilines is 1. The molecule has 2 bridgehead atoms. The van der Waals surface area contributed by atoms with Crippen LogP contribution in [-0.4, -0.2) is 46.3 Å². The van der Waals surface area contributed by atoms with Gasteiger partial charge in [0.1, 0.15) is 16.7 Å². The van der Waals surface area contributed by atoms with Crippen molar-refractivity contribution < 1.29 is 18.8 Å². The highest BCUT2D eigenvalue weighted by Crippen LogP contribution is 2.42. The minimum atomic E-state index is -1.55. The molecule has 1 aliphatic carbocycles. The lowest BCUT2D eigenvalue weighted by Crippen LogP contribution is -2.44. The first-order chi connectivity index (χ1) is 20.2. The molecule has 0 aromatic heterocycles. The molecule has 8 heteroatoms. The molecule has 0 saturated heterocycles. The van der Waals surface area contributed by atoms with Gasteiger partial charge in [0.15, 0.2) is 0 Å². The van der Waals surface area contributed by atoms with Crippen LogP contribution in [0.15, 0.2) is 48.6 Å². The van der Waals surface area contributed by atoms with E-state index in [0.717, 1.165) is 55.2 Å². The van der Waals surface area contributed by atoms with Crippen molar-refractivity contribution in [3.05, 3.63) is 70.3 Å². The maximum absolute atomic E-state index is 13.5. The van der Waals surface area contributed by atoms with Crippen LogP contribution in [0, 0.1) is 23.7 Å². The number of nitrogens with zero attached hydrogens (tertiary/aromatic N) is 1. The Bertz CT molecular complexity index is 1330. The lowest BCUT2D eigenvalue weighted by atomic mass is 9.70. The number of carbonyl (C=O) groups is 1. The Labute approximate surface area is 258 Å². The molecule has 3 aliphatic rings. The van der Waals surface area contributed by atoms with Crippen molar-refractivity contribution in [3.63, 3.8) is 0 Å². The summed E-state index contributed by atoms with van der Waals surface area (Å²) in [4.78, 5) is 15.8. The van der Waals surface area contributed by atoms with E-state index in [2.05, 4.69) is 35.6 Å². The van der Waals surface area contributed by atoms with Gasteiger partial charge in [0.25, 0.3) is 5.91 Å². The molecular formula is C34H45ClN2O4S. The molecule has 42 heavy (non-hydrogen) atoms. The molecule has 2 N–H and O–H groups in total. The SMILES string of the molecule is CCCc1cc(Cl)ccc1C1COc2ccc3cc2N(C1)CC1CC[C@H]1C(O)/C=C/CC(C)C(C(C)C)S(=O)NC3=O. The van der Waals surface area contributed by atoms with Crippen LogP contribution in [0.5, 0.6) is 5.75 Å². The molecule has 2 aliphatic heterocycles. The smallest absolute Gasteiger partial charge is 0.263 e. The average molecular weight is 613 g/mol. The number of allylic oxidation sites excluding steroid dienone is 1. The summed E-state index contributed by atoms with van der Waals surface area (Å²) in [5, 5.41) is 11.7. The maximum Gasteiger partial charge on any atom is 0.263 e. The van der Waals surface area contributed by atoms with E-state index in [-0.39, 0.29) is 34.8 Å². The topological polar surface area (TPSA) is 78.9 Å². The molecule has 6 nitrogen and oxygen atoms in total. The molecule has 228 valence electrons. The first kappa shape index (κ1) is 31.1. The van der Waals surface area contributed by atoms with Gasteiger partial charge in [0, 0.05) is 29.6 Å². The monoisotopic (exact) mass is 612 g/mol. The number of hydrogen-bond acceptors (Lipinski definition) is 5. The summed E-state index contributed by atoms with van der Waals surface area (Å²) < 4.78 is 22.7. The standard InChI is InChI=1S/C34H45ClN2O4S/c1-5-7-23-16-27(35)12-14-28(23)26-19-37-18-25-10-13-29(25)31(38)9-6-8-22(4)33(21(2)3)42(40)36-34(39)24-11-15-32(41-20-26)30(37)17-24/h6,9,11-12,14-17,21-22,25-26,29,31,33,38H,5,7-8,10,13,18-20H2,1-4H3,(H,36,39)/b9-6+/t22?,25?,26?,29-,31?,33?,42?/m1/s1. The number of fused-ring (bicyclic) bond motifs is 2. The molecule has 0 spiro atoms. The van der Waals surface area contributed by atoms with Crippen molar-refractivity contribution in [1.82, 2.24) is 4.72 Å². The predicted octanol–water partition coefficient (Wildman–Crippen LogP) is 6.68. The zero-order valence-corrected chi connectivity index (χ0v) is 26.8. The van der Waals surface area contributed by atoms with Crippen LogP contribution < -0.4 is 14.4 Å². The number of halogens is 1. The van der Waals surface area contributed by atoms with Crippen LogP contribution >= 0.6 is 11.6 Å². The van der Waals surface area contributed by atoms with Crippen molar-refractivity contribution in [2.45, 2.75) is 77.1 Å². The predicted molar refractivity (Wildman–Crippen MR) is 172 cm³/mol. The Balaban J connectivity index is 1.53. The normalized spacial score (nSPS) is 30.9. The van der Waals surface area contributed by atoms with Gasteiger partial charge in [-0.25, -0.2) is 4.21 Å². The number of hydrogen-bond donors (Lipinski definition) is 2. The summed E-state index contributed by atoms with van der Waals surface area (Å²) in [6, 6.07) is 11.7. The fraction of sp³-hybridized carbons (Fsp3) is 0.559. The third kappa shape index (κ3) is 6.74. The largest absolute Gasteiger partial charge is 0.491 e. The van der Waals surface area contributed by atoms with E-state index >= 15 is 0 Å². The number of ether oxygens (including phenoxy) is 1. The van der Waals surface area contributed by atoms with Crippen LogP contribution in [0.25, 0.3) is 0 Å². The van der Waals surface area contributed by atoms with Gasteiger partial charge in [-0.2, -0.15) is 0 Å². The molecule has 7 atom stereocenters. The van der Waals surface area contributed by atoms with Gasteiger partial charge in [-0.05, 0) is 90.8 Å². The molecule has 1 saturated carbocycles. The number of aliphatic hydroxyl groups is 1. The van der Waals surface area contributed by atoms with Crippen LogP contribution in [0.4, 0.5) is 5.69 Å². The Morgan fingerprint density at radius 3 is 2.69 bits per heavy atom. The zero-order chi connectivity index (χ0) is 30.0. The van der Waals surface area contributed by atoms with E-state index in [4.69, 9.17) is 16.3 Å². The molecule has 2 heterocycles. The Morgan fingerprint density at radius 2 is 1.98 bits per heavy atom. The zero-order valence-electron chi connectivity index (χ0n) is 25.2. The van der Waals surface area contributed by atoms with Crippen molar-refractivity contribution in [2.24, 2.45) is 23.7 Å². The quantitative estimate of drug-likeness (QED) is 0.377. The summed E-state index contributed by atoms with van der Waals surface area (Å²) in [5.41, 5.74) is 3.84. The molecule has 2 aromatic carbocycles. The highest BCUT2D eigenvalue weighted by molar-refractivity contribution is 7.84. The van der Waals surface area contributed by atoms with Crippen LogP contribution in [0.3, 0.4) is 0 Å². The lowest BCUT2D eigenvalue weighted by molar-refractivity contribution is 0.0461.